The molecule has 1 aromatic carbocycles. The molecule has 2 amide bonds. The number of aliphatic hydroxyl groups is 3. The van der Waals surface area contributed by atoms with E-state index in [1.807, 2.05) is 0 Å². The van der Waals surface area contributed by atoms with Crippen LogP contribution < -0.4 is 16.0 Å². The largest absolute Gasteiger partial charge is 0.510 e. The van der Waals surface area contributed by atoms with Crippen LogP contribution in [0.5, 0.6) is 5.75 Å². The number of phenolic OH excluding ortho intramolecular Hbond substituents is 1. The number of benzene rings is 1. The van der Waals surface area contributed by atoms with Crippen LogP contribution in [0.3, 0.4) is 0 Å². The molecular weight excluding hydrogens is 564 g/mol. The summed E-state index contributed by atoms with van der Waals surface area (Å²) in [5.74, 6) is -7.78. The molecule has 0 saturated heterocycles. The molecule has 0 heterocycles. The minimum atomic E-state index is -2.72. The van der Waals surface area contributed by atoms with Gasteiger partial charge in [0, 0.05) is 31.3 Å². The van der Waals surface area contributed by atoms with Gasteiger partial charge in [0.1, 0.15) is 17.1 Å². The number of hydrogen-bond donors (Lipinski definition) is 6. The number of phenols is 1. The summed E-state index contributed by atoms with van der Waals surface area (Å²) in [5.41, 5.74) is 2.29. The number of fused-ring (bicyclic) bond motifs is 3. The molecule has 0 aliphatic heterocycles. The number of primary amides is 1. The molecule has 0 bridgehead atoms. The first-order valence-corrected chi connectivity index (χ1v) is 12.9. The molecule has 4 atom stereocenters. The summed E-state index contributed by atoms with van der Waals surface area (Å²) in [6.07, 6.45) is 0.129. The van der Waals surface area contributed by atoms with Gasteiger partial charge in [-0.2, -0.15) is 0 Å². The third kappa shape index (κ3) is 3.79. The molecule has 38 heavy (non-hydrogen) atoms. The smallest absolute Gasteiger partial charge is 0.255 e. The highest BCUT2D eigenvalue weighted by Gasteiger charge is 2.63. The van der Waals surface area contributed by atoms with E-state index in [2.05, 4.69) is 21.2 Å². The van der Waals surface area contributed by atoms with Crippen LogP contribution >= 0.6 is 15.9 Å². The van der Waals surface area contributed by atoms with Crippen molar-refractivity contribution in [3.05, 3.63) is 39.9 Å². The molecule has 204 valence electrons. The lowest BCUT2D eigenvalue weighted by molar-refractivity contribution is -0.148. The monoisotopic (exact) mass is 592 g/mol. The first kappa shape index (κ1) is 27.6. The van der Waals surface area contributed by atoms with Crippen LogP contribution in [0.1, 0.15) is 22.3 Å². The molecule has 0 fully saturated rings. The summed E-state index contributed by atoms with van der Waals surface area (Å²) >= 11 is 3.03. The summed E-state index contributed by atoms with van der Waals surface area (Å²) in [5, 5.41) is 47.4. The number of carbonyl (C=O) groups is 4. The van der Waals surface area contributed by atoms with Crippen molar-refractivity contribution in [1.82, 2.24) is 4.90 Å². The number of Topliss-reactive ketones (excluding diaryl/α,β-unsaturated/α-hetero) is 2. The number of aromatic hydroxyl groups is 1. The number of likely N-dealkylation sites (N-methyl/N-ethyl adjacent to an activating group) is 1. The minimum Gasteiger partial charge on any atom is -0.510 e. The number of carbonyl (C=O) groups excluding carboxylic acids is 4. The maximum atomic E-state index is 13.9. The average Bonchev–Trinajstić information content (AvgIpc) is 2.82. The van der Waals surface area contributed by atoms with E-state index in [-0.39, 0.29) is 35.0 Å². The van der Waals surface area contributed by atoms with Crippen LogP contribution in [-0.2, 0) is 20.8 Å². The Morgan fingerprint density at radius 3 is 2.34 bits per heavy atom. The summed E-state index contributed by atoms with van der Waals surface area (Å²) in [4.78, 5) is 54.6. The highest BCUT2D eigenvalue weighted by Crippen LogP contribution is 2.53. The Kier molecular flexibility index (Phi) is 6.83. The van der Waals surface area contributed by atoms with Gasteiger partial charge >= 0.3 is 0 Å². The SMILES string of the molecule is CN(C)c1cc(NC(=O)CBr)c(O)c2c1CC1CC3[C@H](N(C)C)C(O)=C(C(N)=O)C(=O)[C@@]3(O)C(O)=C1C2=O. The number of anilines is 2. The Morgan fingerprint density at radius 1 is 1.18 bits per heavy atom. The Balaban J connectivity index is 1.97. The molecule has 13 heteroatoms. The predicted octanol–water partition coefficient (Wildman–Crippen LogP) is 0.520. The second-order valence-electron chi connectivity index (χ2n) is 10.2. The van der Waals surface area contributed by atoms with Gasteiger partial charge in [0.15, 0.2) is 17.1 Å². The second-order valence-corrected chi connectivity index (χ2v) is 10.7. The molecule has 0 radical (unpaired) electrons. The highest BCUT2D eigenvalue weighted by molar-refractivity contribution is 9.09. The standard InChI is InChI=1S/C25H29BrN4O8/c1-29(2)13-7-12(28-14(31)8-26)19(32)16-10(13)5-9-6-11-18(30(3)4)21(34)17(24(27)37)23(36)25(11,38)22(35)15(9)20(16)33/h7,9,11,18,32,34-35,38H,5-6,8H2,1-4H3,(H2,27,37)(H,28,31)/t9?,11?,18-,25-/m0/s1. The average molecular weight is 593 g/mol. The van der Waals surface area contributed by atoms with E-state index in [1.54, 1.807) is 33.1 Å². The Labute approximate surface area is 226 Å². The molecule has 1 aromatic rings. The zero-order valence-electron chi connectivity index (χ0n) is 21.2. The molecule has 2 unspecified atom stereocenters. The lowest BCUT2D eigenvalue weighted by Gasteiger charge is -2.50. The van der Waals surface area contributed by atoms with Crippen LogP contribution in [0.15, 0.2) is 28.7 Å². The van der Waals surface area contributed by atoms with Gasteiger partial charge < -0.3 is 36.4 Å². The Bertz CT molecular complexity index is 1350. The van der Waals surface area contributed by atoms with E-state index in [1.165, 1.54) is 11.0 Å². The van der Waals surface area contributed by atoms with Crippen molar-refractivity contribution in [3.8, 4) is 5.75 Å². The van der Waals surface area contributed by atoms with Crippen molar-refractivity contribution in [2.24, 2.45) is 17.6 Å². The van der Waals surface area contributed by atoms with Gasteiger partial charge in [-0.3, -0.25) is 24.1 Å². The van der Waals surface area contributed by atoms with Gasteiger partial charge in [0.25, 0.3) is 5.91 Å². The molecule has 0 aromatic heterocycles. The number of aliphatic hydroxyl groups excluding tert-OH is 2. The molecule has 4 rings (SSSR count). The van der Waals surface area contributed by atoms with Crippen LogP contribution in [0, 0.1) is 11.8 Å². The quantitative estimate of drug-likeness (QED) is 0.159. The van der Waals surface area contributed by atoms with E-state index in [9.17, 15) is 39.6 Å². The fourth-order valence-corrected chi connectivity index (χ4v) is 6.12. The lowest BCUT2D eigenvalue weighted by Crippen LogP contribution is -2.63. The van der Waals surface area contributed by atoms with Crippen molar-refractivity contribution in [2.75, 3.05) is 43.7 Å². The molecule has 3 aliphatic carbocycles. The normalized spacial score (nSPS) is 26.7. The molecular formula is C25H29BrN4O8. The first-order valence-electron chi connectivity index (χ1n) is 11.7. The number of nitrogens with one attached hydrogen (secondary N) is 1. The van der Waals surface area contributed by atoms with Gasteiger partial charge in [-0.15, -0.1) is 0 Å². The fraction of sp³-hybridized carbons (Fsp3) is 0.440. The number of nitrogens with zero attached hydrogens (tertiary/aromatic N) is 2. The zero-order valence-corrected chi connectivity index (χ0v) is 22.8. The van der Waals surface area contributed by atoms with E-state index < -0.39 is 69.7 Å². The van der Waals surface area contributed by atoms with Gasteiger partial charge in [-0.25, -0.2) is 0 Å². The summed E-state index contributed by atoms with van der Waals surface area (Å²) < 4.78 is 0. The minimum absolute atomic E-state index is 0.0124. The number of ketones is 2. The maximum absolute atomic E-state index is 13.9. The number of rotatable bonds is 5. The summed E-state index contributed by atoms with van der Waals surface area (Å²) in [7, 11) is 6.59. The van der Waals surface area contributed by atoms with Crippen LogP contribution in [0.25, 0.3) is 0 Å². The summed E-state index contributed by atoms with van der Waals surface area (Å²) in [6, 6.07) is 0.472. The number of halogens is 1. The zero-order chi connectivity index (χ0) is 28.4. The number of allylic oxidation sites excluding steroid dienone is 1. The van der Waals surface area contributed by atoms with Crippen molar-refractivity contribution in [2.45, 2.75) is 24.5 Å². The Hall–Kier alpha value is -3.42. The van der Waals surface area contributed by atoms with Crippen LogP contribution in [-0.4, -0.2) is 93.9 Å². The van der Waals surface area contributed by atoms with Gasteiger partial charge in [0.05, 0.1) is 22.6 Å². The lowest BCUT2D eigenvalue weighted by atomic mass is 9.58. The van der Waals surface area contributed by atoms with Crippen LogP contribution in [0.4, 0.5) is 11.4 Å². The highest BCUT2D eigenvalue weighted by atomic mass is 79.9. The molecule has 12 nitrogen and oxygen atoms in total. The number of alkyl halides is 1. The number of nitrogens with two attached hydrogens (primary N) is 1. The third-order valence-electron chi connectivity index (χ3n) is 7.58. The van der Waals surface area contributed by atoms with Gasteiger partial charge in [-0.1, -0.05) is 15.9 Å². The third-order valence-corrected chi connectivity index (χ3v) is 8.09. The van der Waals surface area contributed by atoms with Crippen LogP contribution in [0.2, 0.25) is 0 Å². The predicted molar refractivity (Wildman–Crippen MR) is 140 cm³/mol. The molecule has 0 saturated carbocycles. The maximum Gasteiger partial charge on any atom is 0.255 e. The van der Waals surface area contributed by atoms with Crippen molar-refractivity contribution in [1.29, 1.82) is 0 Å². The summed E-state index contributed by atoms with van der Waals surface area (Å²) in [6.45, 7) is 0. The second kappa shape index (κ2) is 9.40. The number of amides is 2. The fourth-order valence-electron chi connectivity index (χ4n) is 5.98. The van der Waals surface area contributed by atoms with E-state index in [4.69, 9.17) is 5.73 Å². The number of hydrogen-bond acceptors (Lipinski definition) is 10. The van der Waals surface area contributed by atoms with Crippen molar-refractivity contribution < 1.29 is 39.6 Å². The first-order chi connectivity index (χ1) is 17.7. The van der Waals surface area contributed by atoms with Crippen molar-refractivity contribution >= 4 is 50.7 Å². The van der Waals surface area contributed by atoms with Crippen molar-refractivity contribution in [3.63, 3.8) is 0 Å². The topological polar surface area (TPSA) is 194 Å². The van der Waals surface area contributed by atoms with E-state index in [0.717, 1.165) is 0 Å². The van der Waals surface area contributed by atoms with E-state index in [0.29, 0.717) is 11.3 Å². The van der Waals surface area contributed by atoms with Gasteiger partial charge in [-0.05, 0) is 44.5 Å². The molecule has 3 aliphatic rings. The molecule has 0 spiro atoms. The van der Waals surface area contributed by atoms with E-state index >= 15 is 0 Å². The Morgan fingerprint density at radius 2 is 1.82 bits per heavy atom. The van der Waals surface area contributed by atoms with Gasteiger partial charge in [0.2, 0.25) is 11.7 Å². The molecule has 7 N–H and O–H groups in total.